The summed E-state index contributed by atoms with van der Waals surface area (Å²) in [4.78, 5) is 101. The molecule has 0 aromatic carbocycles. The van der Waals surface area contributed by atoms with Gasteiger partial charge in [-0.15, -0.1) is 11.8 Å². The highest BCUT2D eigenvalue weighted by atomic mass is 32.2. The van der Waals surface area contributed by atoms with Gasteiger partial charge in [0.05, 0.1) is 18.6 Å². The topological polar surface area (TPSA) is 181 Å². The van der Waals surface area contributed by atoms with E-state index in [4.69, 9.17) is 14.2 Å². The molecule has 62 heavy (non-hydrogen) atoms. The maximum Gasteiger partial charge on any atom is 0.334 e. The summed E-state index contributed by atoms with van der Waals surface area (Å²) < 4.78 is 18.4. The second-order valence-corrected chi connectivity index (χ2v) is 18.8. The number of amides is 5. The quantitative estimate of drug-likeness (QED) is 0.155. The molecule has 1 aliphatic rings. The van der Waals surface area contributed by atoms with Crippen molar-refractivity contribution in [1.82, 2.24) is 25.3 Å². The van der Waals surface area contributed by atoms with Crippen LogP contribution in [-0.4, -0.2) is 139 Å². The van der Waals surface area contributed by atoms with Crippen molar-refractivity contribution in [2.24, 2.45) is 29.6 Å². The summed E-state index contributed by atoms with van der Waals surface area (Å²) in [5, 5.41) is 5.61. The SMILES string of the molecule is CC/C=C(\C)[C@H]1OC(=O)[C@H](C)N(C)C(=O)[C@H](C(C)C)NC(=O)CN(C)C(=O)[C@@H](CC(C)C)N(C)C(=O)[C@H](C(C)C)NC(=O)[C@@H]([C@@H](C)CC)OC(=O)/C(C)=C/C[C@H](OCSC)[C@@H]1C. The molecule has 0 spiro atoms. The van der Waals surface area contributed by atoms with Crippen LogP contribution in [-0.2, 0) is 47.8 Å². The Labute approximate surface area is 376 Å². The van der Waals surface area contributed by atoms with Gasteiger partial charge in [0.15, 0.2) is 6.10 Å². The number of likely N-dealkylation sites (N-methyl/N-ethyl adjacent to an activating group) is 3. The van der Waals surface area contributed by atoms with Crippen LogP contribution in [0.3, 0.4) is 0 Å². The smallest absolute Gasteiger partial charge is 0.334 e. The molecular formula is C46H79N5O10S. The number of rotatable bonds is 11. The molecule has 0 saturated heterocycles. The van der Waals surface area contributed by atoms with Crippen LogP contribution in [0.4, 0.5) is 0 Å². The van der Waals surface area contributed by atoms with Gasteiger partial charge in [0, 0.05) is 38.6 Å². The van der Waals surface area contributed by atoms with Gasteiger partial charge in [-0.1, -0.05) is 81.4 Å². The number of hydrogen-bond donors (Lipinski definition) is 2. The van der Waals surface area contributed by atoms with E-state index in [1.807, 2.05) is 53.9 Å². The zero-order chi connectivity index (χ0) is 47.8. The van der Waals surface area contributed by atoms with Gasteiger partial charge in [0.25, 0.3) is 5.91 Å². The van der Waals surface area contributed by atoms with Crippen molar-refractivity contribution >= 4 is 53.2 Å². The highest BCUT2D eigenvalue weighted by Crippen LogP contribution is 2.27. The van der Waals surface area contributed by atoms with Crippen LogP contribution in [0.1, 0.15) is 116 Å². The van der Waals surface area contributed by atoms with E-state index >= 15 is 0 Å². The van der Waals surface area contributed by atoms with Crippen LogP contribution in [0.25, 0.3) is 0 Å². The number of carbonyl (C=O) groups is 7. The van der Waals surface area contributed by atoms with Gasteiger partial charge in [0.2, 0.25) is 23.6 Å². The molecule has 0 saturated carbocycles. The average Bonchev–Trinajstić information content (AvgIpc) is 3.21. The molecule has 0 aromatic rings. The Kier molecular flexibility index (Phi) is 24.1. The van der Waals surface area contributed by atoms with Gasteiger partial charge < -0.3 is 39.5 Å². The summed E-state index contributed by atoms with van der Waals surface area (Å²) in [5.74, 6) is -5.54. The van der Waals surface area contributed by atoms with Crippen LogP contribution in [0.2, 0.25) is 0 Å². The van der Waals surface area contributed by atoms with Gasteiger partial charge in [-0.05, 0) is 76.0 Å². The first-order valence-corrected chi connectivity index (χ1v) is 23.5. The second-order valence-electron chi connectivity index (χ2n) is 18.0. The highest BCUT2D eigenvalue weighted by Gasteiger charge is 2.40. The van der Waals surface area contributed by atoms with E-state index in [9.17, 15) is 33.6 Å². The number of nitrogens with zero attached hydrogens (tertiary/aromatic N) is 3. The molecular weight excluding hydrogens is 815 g/mol. The summed E-state index contributed by atoms with van der Waals surface area (Å²) >= 11 is 1.47. The fourth-order valence-electron chi connectivity index (χ4n) is 7.13. The zero-order valence-electron chi connectivity index (χ0n) is 40.7. The molecule has 16 heteroatoms. The fraction of sp³-hybridized carbons (Fsp3) is 0.761. The average molecular weight is 894 g/mol. The predicted molar refractivity (Wildman–Crippen MR) is 243 cm³/mol. The largest absolute Gasteiger partial charge is 0.456 e. The third kappa shape index (κ3) is 16.3. The number of esters is 2. The van der Waals surface area contributed by atoms with E-state index in [1.54, 1.807) is 54.5 Å². The van der Waals surface area contributed by atoms with Crippen molar-refractivity contribution in [2.45, 2.75) is 158 Å². The Bertz CT molecular complexity index is 1600. The molecule has 0 fully saturated rings. The van der Waals surface area contributed by atoms with Crippen LogP contribution in [0, 0.1) is 29.6 Å². The van der Waals surface area contributed by atoms with Gasteiger partial charge in [-0.25, -0.2) is 9.59 Å². The lowest BCUT2D eigenvalue weighted by Crippen LogP contribution is -2.59. The second kappa shape index (κ2) is 26.6. The fourth-order valence-corrected chi connectivity index (χ4v) is 7.44. The van der Waals surface area contributed by atoms with Crippen molar-refractivity contribution in [2.75, 3.05) is 39.9 Å². The highest BCUT2D eigenvalue weighted by molar-refractivity contribution is 7.98. The maximum atomic E-state index is 14.3. The molecule has 1 aliphatic heterocycles. The standard InChI is InChI=1S/C46H79N5O10S/c1-18-20-30(10)39-32(12)35(59-25-62-17)22-21-31(11)45(57)61-40(29(9)19-2)41(53)48-38(28(7)8)44(56)51(16)34(23-26(3)4)42(54)49(14)24-36(52)47-37(27(5)6)43(55)50(15)33(13)46(58)60-39/h20-21,26-29,32-35,37-40H,18-19,22-25H2,1-17H3,(H,47,52)(H,48,53)/b30-20+,31-21+/t29-,32-,33-,34+,35-,37-,38-,39+,40+/m0/s1. The van der Waals surface area contributed by atoms with E-state index < -0.39 is 114 Å². The lowest BCUT2D eigenvalue weighted by Gasteiger charge is -2.36. The van der Waals surface area contributed by atoms with E-state index in [-0.39, 0.29) is 24.3 Å². The van der Waals surface area contributed by atoms with Crippen molar-refractivity contribution in [3.8, 4) is 0 Å². The Hall–Kier alpha value is -3.92. The molecule has 9 atom stereocenters. The van der Waals surface area contributed by atoms with E-state index in [0.717, 1.165) is 5.57 Å². The van der Waals surface area contributed by atoms with Crippen LogP contribution < -0.4 is 10.6 Å². The van der Waals surface area contributed by atoms with Crippen LogP contribution in [0.5, 0.6) is 0 Å². The minimum absolute atomic E-state index is 0.0380. The first-order valence-electron chi connectivity index (χ1n) is 22.1. The van der Waals surface area contributed by atoms with Crippen molar-refractivity contribution < 1.29 is 47.8 Å². The molecule has 1 heterocycles. The lowest BCUT2D eigenvalue weighted by molar-refractivity contribution is -0.161. The third-order valence-electron chi connectivity index (χ3n) is 11.6. The number of allylic oxidation sites excluding steroid dienone is 1. The van der Waals surface area contributed by atoms with E-state index in [1.165, 1.54) is 47.6 Å². The monoisotopic (exact) mass is 894 g/mol. The molecule has 15 nitrogen and oxygen atoms in total. The molecule has 0 aromatic heterocycles. The van der Waals surface area contributed by atoms with Crippen LogP contribution in [0.15, 0.2) is 23.3 Å². The van der Waals surface area contributed by atoms with Crippen LogP contribution >= 0.6 is 11.8 Å². The predicted octanol–water partition coefficient (Wildman–Crippen LogP) is 5.36. The Balaban J connectivity index is 3.98. The number of thioether (sulfide) groups is 1. The first kappa shape index (κ1) is 56.1. The molecule has 0 aliphatic carbocycles. The molecule has 2 N–H and O–H groups in total. The molecule has 0 radical (unpaired) electrons. The minimum Gasteiger partial charge on any atom is -0.456 e. The van der Waals surface area contributed by atoms with Crippen molar-refractivity contribution in [1.29, 1.82) is 0 Å². The Morgan fingerprint density at radius 1 is 0.871 bits per heavy atom. The number of hydrogen-bond acceptors (Lipinski definition) is 11. The minimum atomic E-state index is -1.23. The molecule has 0 unspecified atom stereocenters. The van der Waals surface area contributed by atoms with E-state index in [2.05, 4.69) is 10.6 Å². The normalized spacial score (nSPS) is 28.5. The van der Waals surface area contributed by atoms with Crippen molar-refractivity contribution in [3.05, 3.63) is 23.3 Å². The van der Waals surface area contributed by atoms with Crippen molar-refractivity contribution in [3.63, 3.8) is 0 Å². The Morgan fingerprint density at radius 3 is 1.95 bits per heavy atom. The van der Waals surface area contributed by atoms with Gasteiger partial charge in [0.1, 0.15) is 30.3 Å². The van der Waals surface area contributed by atoms with E-state index in [0.29, 0.717) is 18.8 Å². The molecule has 0 bridgehead atoms. The summed E-state index contributed by atoms with van der Waals surface area (Å²) in [6.45, 7) is 23.0. The summed E-state index contributed by atoms with van der Waals surface area (Å²) in [6, 6.07) is -4.17. The third-order valence-corrected chi connectivity index (χ3v) is 12.0. The number of nitrogens with one attached hydrogen (secondary N) is 2. The number of cyclic esters (lactones) is 2. The van der Waals surface area contributed by atoms with Gasteiger partial charge >= 0.3 is 11.9 Å². The summed E-state index contributed by atoms with van der Waals surface area (Å²) in [6.07, 6.45) is 4.67. The maximum absolute atomic E-state index is 14.3. The summed E-state index contributed by atoms with van der Waals surface area (Å²) in [7, 11) is 4.42. The Morgan fingerprint density at radius 2 is 1.44 bits per heavy atom. The molecule has 354 valence electrons. The lowest BCUT2D eigenvalue weighted by atomic mass is 9.90. The number of ether oxygens (including phenoxy) is 3. The summed E-state index contributed by atoms with van der Waals surface area (Å²) in [5.41, 5.74) is 1.02. The number of carbonyl (C=O) groups excluding carboxylic acids is 7. The molecule has 1 rings (SSSR count). The molecule has 5 amide bonds. The zero-order valence-corrected chi connectivity index (χ0v) is 41.5. The van der Waals surface area contributed by atoms with Gasteiger partial charge in [-0.3, -0.25) is 24.0 Å². The first-order chi connectivity index (χ1) is 28.9. The van der Waals surface area contributed by atoms with Gasteiger partial charge in [-0.2, -0.15) is 0 Å².